The lowest BCUT2D eigenvalue weighted by molar-refractivity contribution is 0.196. The van der Waals surface area contributed by atoms with Crippen LogP contribution >= 0.6 is 0 Å². The second-order valence-corrected chi connectivity index (χ2v) is 6.54. The van der Waals surface area contributed by atoms with Crippen molar-refractivity contribution in [1.82, 2.24) is 39.2 Å². The van der Waals surface area contributed by atoms with Gasteiger partial charge in [0.1, 0.15) is 11.6 Å². The summed E-state index contributed by atoms with van der Waals surface area (Å²) in [5.41, 5.74) is 0. The second kappa shape index (κ2) is 7.18. The topological polar surface area (TPSA) is 80.4 Å². The predicted octanol–water partition coefficient (Wildman–Crippen LogP) is 1.65. The molecule has 0 bridgehead atoms. The molecule has 0 amide bonds. The Morgan fingerprint density at radius 2 is 2.04 bits per heavy atom. The summed E-state index contributed by atoms with van der Waals surface area (Å²) in [4.78, 5) is 14.1. The van der Waals surface area contributed by atoms with Crippen molar-refractivity contribution in [2.45, 2.75) is 45.3 Å². The molecule has 132 valence electrons. The van der Waals surface area contributed by atoms with Crippen LogP contribution in [0.1, 0.15) is 43.2 Å². The first kappa shape index (κ1) is 16.0. The number of aromatic amines is 1. The van der Waals surface area contributed by atoms with Gasteiger partial charge in [-0.25, -0.2) is 9.97 Å². The van der Waals surface area contributed by atoms with E-state index in [1.165, 1.54) is 0 Å². The van der Waals surface area contributed by atoms with Gasteiger partial charge in [-0.15, -0.1) is 10.2 Å². The lowest BCUT2D eigenvalue weighted by atomic mass is 9.96. The van der Waals surface area contributed by atoms with Crippen LogP contribution in [0.25, 0.3) is 0 Å². The van der Waals surface area contributed by atoms with Crippen LogP contribution in [-0.4, -0.2) is 52.3 Å². The summed E-state index contributed by atoms with van der Waals surface area (Å²) in [5.74, 6) is 3.67. The second-order valence-electron chi connectivity index (χ2n) is 6.54. The van der Waals surface area contributed by atoms with Crippen molar-refractivity contribution in [3.05, 3.63) is 48.6 Å². The summed E-state index contributed by atoms with van der Waals surface area (Å²) < 4.78 is 4.30. The van der Waals surface area contributed by atoms with E-state index < -0.39 is 0 Å². The molecule has 0 saturated carbocycles. The number of hydrogen-bond donors (Lipinski definition) is 1. The summed E-state index contributed by atoms with van der Waals surface area (Å²) >= 11 is 0. The van der Waals surface area contributed by atoms with Crippen LogP contribution < -0.4 is 0 Å². The molecule has 3 aromatic rings. The minimum atomic E-state index is 0.483. The first-order valence-electron chi connectivity index (χ1n) is 8.91. The van der Waals surface area contributed by atoms with Crippen LogP contribution in [-0.2, 0) is 19.6 Å². The highest BCUT2D eigenvalue weighted by atomic mass is 15.3. The molecule has 1 fully saturated rings. The van der Waals surface area contributed by atoms with Crippen LogP contribution in [0.3, 0.4) is 0 Å². The number of aromatic nitrogens is 7. The Labute approximate surface area is 146 Å². The average Bonchev–Trinajstić information content (AvgIpc) is 3.38. The maximum Gasteiger partial charge on any atom is 0.153 e. The third-order valence-electron chi connectivity index (χ3n) is 4.94. The Hall–Kier alpha value is -2.48. The SMILES string of the molecule is CCn1c(Cn2ccnc2)nnc1C1CCN(Cc2ncc[nH]2)CC1. The molecule has 0 aliphatic carbocycles. The summed E-state index contributed by atoms with van der Waals surface area (Å²) in [7, 11) is 0. The fourth-order valence-electron chi connectivity index (χ4n) is 3.60. The minimum Gasteiger partial charge on any atom is -0.348 e. The van der Waals surface area contributed by atoms with Crippen molar-refractivity contribution in [3.63, 3.8) is 0 Å². The van der Waals surface area contributed by atoms with Gasteiger partial charge in [-0.1, -0.05) is 0 Å². The van der Waals surface area contributed by atoms with Crippen molar-refractivity contribution in [2.75, 3.05) is 13.1 Å². The van der Waals surface area contributed by atoms with E-state index in [2.05, 4.69) is 41.5 Å². The number of H-pyrrole nitrogens is 1. The molecule has 1 aliphatic heterocycles. The number of hydrogen-bond acceptors (Lipinski definition) is 5. The molecule has 4 rings (SSSR count). The van der Waals surface area contributed by atoms with E-state index >= 15 is 0 Å². The zero-order valence-corrected chi connectivity index (χ0v) is 14.5. The smallest absolute Gasteiger partial charge is 0.153 e. The van der Waals surface area contributed by atoms with Crippen molar-refractivity contribution in [1.29, 1.82) is 0 Å². The van der Waals surface area contributed by atoms with Crippen molar-refractivity contribution in [3.8, 4) is 0 Å². The van der Waals surface area contributed by atoms with Crippen LogP contribution in [0.15, 0.2) is 31.1 Å². The number of imidazole rings is 2. The van der Waals surface area contributed by atoms with Gasteiger partial charge in [0.2, 0.25) is 0 Å². The fraction of sp³-hybridized carbons (Fsp3) is 0.529. The number of nitrogens with one attached hydrogen (secondary N) is 1. The van der Waals surface area contributed by atoms with Gasteiger partial charge in [-0.3, -0.25) is 4.90 Å². The molecule has 0 radical (unpaired) electrons. The van der Waals surface area contributed by atoms with Gasteiger partial charge in [0.05, 0.1) is 19.4 Å². The Bertz CT molecular complexity index is 766. The van der Waals surface area contributed by atoms with E-state index in [1.54, 1.807) is 6.20 Å². The first-order chi connectivity index (χ1) is 12.3. The number of rotatable bonds is 6. The van der Waals surface area contributed by atoms with Crippen molar-refractivity contribution >= 4 is 0 Å². The van der Waals surface area contributed by atoms with E-state index in [1.807, 2.05) is 29.5 Å². The maximum absolute atomic E-state index is 4.53. The Morgan fingerprint density at radius 3 is 2.72 bits per heavy atom. The highest BCUT2D eigenvalue weighted by Crippen LogP contribution is 2.28. The van der Waals surface area contributed by atoms with Gasteiger partial charge in [-0.2, -0.15) is 0 Å². The monoisotopic (exact) mass is 340 g/mol. The van der Waals surface area contributed by atoms with Crippen molar-refractivity contribution in [2.24, 2.45) is 0 Å². The molecule has 0 aromatic carbocycles. The Kier molecular flexibility index (Phi) is 4.60. The van der Waals surface area contributed by atoms with Crippen molar-refractivity contribution < 1.29 is 0 Å². The van der Waals surface area contributed by atoms with E-state index in [0.717, 1.165) is 63.0 Å². The summed E-state index contributed by atoms with van der Waals surface area (Å²) in [5, 5.41) is 8.99. The van der Waals surface area contributed by atoms with Gasteiger partial charge < -0.3 is 14.1 Å². The van der Waals surface area contributed by atoms with E-state index in [9.17, 15) is 0 Å². The van der Waals surface area contributed by atoms with Gasteiger partial charge in [0.15, 0.2) is 5.82 Å². The lowest BCUT2D eigenvalue weighted by Gasteiger charge is -2.31. The normalized spacial score (nSPS) is 16.5. The standard InChI is InChI=1S/C17H24N8/c1-2-25-16(12-24-10-7-18-13-24)21-22-17(25)14-3-8-23(9-4-14)11-15-19-5-6-20-15/h5-7,10,13-14H,2-4,8-9,11-12H2,1H3,(H,19,20). The van der Waals surface area contributed by atoms with E-state index in [4.69, 9.17) is 0 Å². The third kappa shape index (κ3) is 3.48. The number of nitrogens with zero attached hydrogens (tertiary/aromatic N) is 7. The molecule has 1 aliphatic rings. The molecule has 3 aromatic heterocycles. The van der Waals surface area contributed by atoms with Crippen LogP contribution in [0.4, 0.5) is 0 Å². The molecule has 25 heavy (non-hydrogen) atoms. The molecule has 0 atom stereocenters. The molecule has 8 heteroatoms. The summed E-state index contributed by atoms with van der Waals surface area (Å²) in [6, 6.07) is 0. The molecular formula is C17H24N8. The lowest BCUT2D eigenvalue weighted by Crippen LogP contribution is -2.33. The fourth-order valence-corrected chi connectivity index (χ4v) is 3.60. The molecule has 1 saturated heterocycles. The molecule has 0 spiro atoms. The van der Waals surface area contributed by atoms with Crippen LogP contribution in [0, 0.1) is 0 Å². The summed E-state index contributed by atoms with van der Waals surface area (Å²) in [6.07, 6.45) is 11.5. The summed E-state index contributed by atoms with van der Waals surface area (Å²) in [6.45, 7) is 6.82. The Morgan fingerprint density at radius 1 is 1.16 bits per heavy atom. The molecule has 1 N–H and O–H groups in total. The highest BCUT2D eigenvalue weighted by molar-refractivity contribution is 5.05. The predicted molar refractivity (Wildman–Crippen MR) is 92.9 cm³/mol. The number of piperidine rings is 1. The van der Waals surface area contributed by atoms with Crippen LogP contribution in [0.5, 0.6) is 0 Å². The molecular weight excluding hydrogens is 316 g/mol. The van der Waals surface area contributed by atoms with Gasteiger partial charge in [-0.05, 0) is 32.9 Å². The van der Waals surface area contributed by atoms with Gasteiger partial charge in [0, 0.05) is 37.3 Å². The highest BCUT2D eigenvalue weighted by Gasteiger charge is 2.26. The zero-order chi connectivity index (χ0) is 17.1. The maximum atomic E-state index is 4.53. The third-order valence-corrected chi connectivity index (χ3v) is 4.94. The molecule has 8 nitrogen and oxygen atoms in total. The first-order valence-corrected chi connectivity index (χ1v) is 8.91. The largest absolute Gasteiger partial charge is 0.348 e. The number of likely N-dealkylation sites (tertiary alicyclic amines) is 1. The van der Waals surface area contributed by atoms with Crippen LogP contribution in [0.2, 0.25) is 0 Å². The quantitative estimate of drug-likeness (QED) is 0.738. The van der Waals surface area contributed by atoms with Gasteiger partial charge >= 0.3 is 0 Å². The van der Waals surface area contributed by atoms with E-state index in [-0.39, 0.29) is 0 Å². The molecule has 4 heterocycles. The Balaban J connectivity index is 1.41. The zero-order valence-electron chi connectivity index (χ0n) is 14.5. The van der Waals surface area contributed by atoms with Gasteiger partial charge in [0.25, 0.3) is 0 Å². The van der Waals surface area contributed by atoms with E-state index in [0.29, 0.717) is 5.92 Å². The molecule has 0 unspecified atom stereocenters. The minimum absolute atomic E-state index is 0.483. The average molecular weight is 340 g/mol.